The largest absolute Gasteiger partial charge is 0.430 e. The van der Waals surface area contributed by atoms with Crippen molar-refractivity contribution in [2.24, 2.45) is 0 Å². The van der Waals surface area contributed by atoms with E-state index in [1.165, 1.54) is 5.56 Å². The molecule has 1 heterocycles. The van der Waals surface area contributed by atoms with Crippen molar-refractivity contribution in [1.82, 2.24) is 4.98 Å². The predicted molar refractivity (Wildman–Crippen MR) is 103 cm³/mol. The van der Waals surface area contributed by atoms with Crippen molar-refractivity contribution < 1.29 is 4.42 Å². The summed E-state index contributed by atoms with van der Waals surface area (Å²) in [5, 5.41) is 0.654. The minimum Gasteiger partial charge on any atom is -0.430 e. The molecule has 25 heavy (non-hydrogen) atoms. The van der Waals surface area contributed by atoms with Gasteiger partial charge in [0.15, 0.2) is 5.76 Å². The van der Waals surface area contributed by atoms with E-state index in [2.05, 4.69) is 43.3 Å². The van der Waals surface area contributed by atoms with Gasteiger partial charge in [0.2, 0.25) is 0 Å². The van der Waals surface area contributed by atoms with Crippen molar-refractivity contribution in [3.05, 3.63) is 90.5 Å². The van der Waals surface area contributed by atoms with Gasteiger partial charge in [-0.2, -0.15) is 0 Å². The molecule has 0 aliphatic rings. The van der Waals surface area contributed by atoms with Gasteiger partial charge < -0.3 is 4.42 Å². The van der Waals surface area contributed by atoms with Gasteiger partial charge in [0.25, 0.3) is 5.22 Å². The van der Waals surface area contributed by atoms with Gasteiger partial charge in [-0.05, 0) is 30.8 Å². The lowest BCUT2D eigenvalue weighted by molar-refractivity contribution is 0.466. The molecule has 0 spiro atoms. The minimum atomic E-state index is 0.654. The molecular weight excluding hydrogens is 326 g/mol. The number of rotatable bonds is 4. The Morgan fingerprint density at radius 1 is 0.720 bits per heavy atom. The highest BCUT2D eigenvalue weighted by molar-refractivity contribution is 7.99. The maximum Gasteiger partial charge on any atom is 0.261 e. The van der Waals surface area contributed by atoms with E-state index in [9.17, 15) is 0 Å². The maximum absolute atomic E-state index is 6.14. The zero-order chi connectivity index (χ0) is 17.1. The van der Waals surface area contributed by atoms with E-state index < -0.39 is 0 Å². The topological polar surface area (TPSA) is 26.0 Å². The van der Waals surface area contributed by atoms with Crippen LogP contribution in [0.3, 0.4) is 0 Å². The molecule has 0 atom stereocenters. The molecule has 1 aromatic heterocycles. The average molecular weight is 343 g/mol. The SMILES string of the molecule is Cc1ccc(Sc2nc(-c3ccccc3)c(-c3ccccc3)o2)cc1. The summed E-state index contributed by atoms with van der Waals surface area (Å²) in [5.41, 5.74) is 4.21. The first-order chi connectivity index (χ1) is 12.3. The molecule has 0 unspecified atom stereocenters. The molecule has 0 bridgehead atoms. The summed E-state index contributed by atoms with van der Waals surface area (Å²) in [7, 11) is 0. The van der Waals surface area contributed by atoms with Crippen LogP contribution >= 0.6 is 11.8 Å². The van der Waals surface area contributed by atoms with E-state index in [1.807, 2.05) is 48.5 Å². The molecule has 0 saturated heterocycles. The fraction of sp³-hybridized carbons (Fsp3) is 0.0455. The Hall–Kier alpha value is -2.78. The highest BCUT2D eigenvalue weighted by atomic mass is 32.2. The van der Waals surface area contributed by atoms with Gasteiger partial charge in [0, 0.05) is 16.0 Å². The quantitative estimate of drug-likeness (QED) is 0.425. The number of benzene rings is 3. The van der Waals surface area contributed by atoms with Crippen LogP contribution in [0.25, 0.3) is 22.6 Å². The Bertz CT molecular complexity index is 903. The first kappa shape index (κ1) is 15.7. The van der Waals surface area contributed by atoms with E-state index in [4.69, 9.17) is 9.40 Å². The van der Waals surface area contributed by atoms with Crippen LogP contribution in [-0.4, -0.2) is 4.98 Å². The average Bonchev–Trinajstić information content (AvgIpc) is 3.09. The van der Waals surface area contributed by atoms with Crippen LogP contribution in [0, 0.1) is 6.92 Å². The maximum atomic E-state index is 6.14. The van der Waals surface area contributed by atoms with Crippen molar-refractivity contribution >= 4 is 11.8 Å². The van der Waals surface area contributed by atoms with Gasteiger partial charge >= 0.3 is 0 Å². The summed E-state index contributed by atoms with van der Waals surface area (Å²) >= 11 is 1.54. The Labute approximate surface area is 151 Å². The zero-order valence-corrected chi connectivity index (χ0v) is 14.7. The molecule has 0 saturated carbocycles. The Morgan fingerprint density at radius 2 is 1.32 bits per heavy atom. The highest BCUT2D eigenvalue weighted by Gasteiger charge is 2.17. The Morgan fingerprint density at radius 3 is 1.96 bits per heavy atom. The van der Waals surface area contributed by atoms with Gasteiger partial charge in [-0.1, -0.05) is 78.4 Å². The molecule has 3 aromatic carbocycles. The van der Waals surface area contributed by atoms with E-state index in [0.717, 1.165) is 27.5 Å². The fourth-order valence-corrected chi connectivity index (χ4v) is 3.36. The number of oxazole rings is 1. The summed E-state index contributed by atoms with van der Waals surface area (Å²) in [4.78, 5) is 5.89. The van der Waals surface area contributed by atoms with Crippen LogP contribution in [0.5, 0.6) is 0 Å². The third-order valence-corrected chi connectivity index (χ3v) is 4.77. The zero-order valence-electron chi connectivity index (χ0n) is 13.8. The molecule has 122 valence electrons. The predicted octanol–water partition coefficient (Wildman–Crippen LogP) is 6.47. The van der Waals surface area contributed by atoms with Crippen LogP contribution in [-0.2, 0) is 0 Å². The molecule has 0 aliphatic heterocycles. The number of hydrogen-bond donors (Lipinski definition) is 0. The molecule has 0 amide bonds. The minimum absolute atomic E-state index is 0.654. The van der Waals surface area contributed by atoms with Gasteiger partial charge in [0.05, 0.1) is 0 Å². The van der Waals surface area contributed by atoms with Gasteiger partial charge in [0.1, 0.15) is 5.69 Å². The summed E-state index contributed by atoms with van der Waals surface area (Å²) in [5.74, 6) is 0.807. The first-order valence-corrected chi connectivity index (χ1v) is 8.97. The third kappa shape index (κ3) is 3.52. The van der Waals surface area contributed by atoms with Crippen LogP contribution in [0.15, 0.2) is 99.5 Å². The normalized spacial score (nSPS) is 10.8. The molecule has 4 rings (SSSR count). The van der Waals surface area contributed by atoms with Gasteiger partial charge in [-0.3, -0.25) is 0 Å². The second-order valence-corrected chi connectivity index (χ2v) is 6.83. The standard InChI is InChI=1S/C22H17NOS/c1-16-12-14-19(15-13-16)25-22-23-20(17-8-4-2-5-9-17)21(24-22)18-10-6-3-7-11-18/h2-15H,1H3. The van der Waals surface area contributed by atoms with Gasteiger partial charge in [-0.25, -0.2) is 4.98 Å². The fourth-order valence-electron chi connectivity index (χ4n) is 2.63. The number of aromatic nitrogens is 1. The molecule has 0 fully saturated rings. The van der Waals surface area contributed by atoms with E-state index in [0.29, 0.717) is 5.22 Å². The van der Waals surface area contributed by atoms with E-state index in [1.54, 1.807) is 11.8 Å². The van der Waals surface area contributed by atoms with Crippen LogP contribution in [0.1, 0.15) is 5.56 Å². The van der Waals surface area contributed by atoms with Crippen molar-refractivity contribution in [3.63, 3.8) is 0 Å². The monoisotopic (exact) mass is 343 g/mol. The van der Waals surface area contributed by atoms with Crippen molar-refractivity contribution in [2.45, 2.75) is 17.0 Å². The summed E-state index contributed by atoms with van der Waals surface area (Å²) in [6, 6.07) is 28.7. The van der Waals surface area contributed by atoms with Gasteiger partial charge in [-0.15, -0.1) is 0 Å². The second kappa shape index (κ2) is 6.99. The van der Waals surface area contributed by atoms with Crippen LogP contribution in [0.4, 0.5) is 0 Å². The number of aryl methyl sites for hydroxylation is 1. The third-order valence-electron chi connectivity index (χ3n) is 3.92. The van der Waals surface area contributed by atoms with E-state index >= 15 is 0 Å². The molecule has 2 nitrogen and oxygen atoms in total. The number of hydrogen-bond acceptors (Lipinski definition) is 3. The smallest absolute Gasteiger partial charge is 0.261 e. The molecule has 4 aromatic rings. The molecule has 0 aliphatic carbocycles. The van der Waals surface area contributed by atoms with Crippen molar-refractivity contribution in [3.8, 4) is 22.6 Å². The lowest BCUT2D eigenvalue weighted by Crippen LogP contribution is -1.81. The summed E-state index contributed by atoms with van der Waals surface area (Å²) in [6.45, 7) is 2.08. The molecule has 0 radical (unpaired) electrons. The van der Waals surface area contributed by atoms with Crippen LogP contribution < -0.4 is 0 Å². The van der Waals surface area contributed by atoms with Crippen molar-refractivity contribution in [1.29, 1.82) is 0 Å². The van der Waals surface area contributed by atoms with E-state index in [-0.39, 0.29) is 0 Å². The molecule has 0 N–H and O–H groups in total. The Balaban J connectivity index is 1.77. The molecular formula is C22H17NOS. The summed E-state index contributed by atoms with van der Waals surface area (Å²) in [6.07, 6.45) is 0. The van der Waals surface area contributed by atoms with Crippen molar-refractivity contribution in [2.75, 3.05) is 0 Å². The highest BCUT2D eigenvalue weighted by Crippen LogP contribution is 2.37. The Kier molecular flexibility index (Phi) is 4.40. The number of nitrogens with zero attached hydrogens (tertiary/aromatic N) is 1. The molecule has 3 heteroatoms. The lowest BCUT2D eigenvalue weighted by Gasteiger charge is -2.00. The summed E-state index contributed by atoms with van der Waals surface area (Å²) < 4.78 is 6.14. The first-order valence-electron chi connectivity index (χ1n) is 8.16. The lowest BCUT2D eigenvalue weighted by atomic mass is 10.1. The second-order valence-electron chi connectivity index (χ2n) is 5.80. The van der Waals surface area contributed by atoms with Crippen LogP contribution in [0.2, 0.25) is 0 Å².